The molecule has 4 nitrogen and oxygen atoms in total. The van der Waals surface area contributed by atoms with Gasteiger partial charge >= 0.3 is 5.97 Å². The molecule has 0 aliphatic rings. The number of hydrogen-bond donors (Lipinski definition) is 1. The molecule has 1 atom stereocenters. The third-order valence-corrected chi connectivity index (χ3v) is 3.04. The van der Waals surface area contributed by atoms with Gasteiger partial charge in [0, 0.05) is 12.0 Å². The summed E-state index contributed by atoms with van der Waals surface area (Å²) in [5.41, 5.74) is 5.98. The van der Waals surface area contributed by atoms with Gasteiger partial charge in [-0.3, -0.25) is 9.59 Å². The predicted molar refractivity (Wildman–Crippen MR) is 74.6 cm³/mol. The molecule has 1 aromatic rings. The molecule has 0 aliphatic heterocycles. The lowest BCUT2D eigenvalue weighted by Crippen LogP contribution is -2.35. The average Bonchev–Trinajstić information content (AvgIpc) is 2.31. The van der Waals surface area contributed by atoms with E-state index in [0.717, 1.165) is 0 Å². The van der Waals surface area contributed by atoms with E-state index in [0.29, 0.717) is 10.6 Å². The number of halogens is 2. The Bertz CT molecular complexity index is 489. The number of Topliss-reactive ketones (excluding diaryl/α,β-unsaturated/α-hetero) is 1. The summed E-state index contributed by atoms with van der Waals surface area (Å²) in [5, 5.41) is 0.646. The number of esters is 1. The number of ether oxygens (including phenoxy) is 1. The van der Waals surface area contributed by atoms with Crippen LogP contribution in [0.3, 0.4) is 0 Å². The van der Waals surface area contributed by atoms with Gasteiger partial charge < -0.3 is 10.5 Å². The van der Waals surface area contributed by atoms with Crippen LogP contribution in [0.2, 0.25) is 10.0 Å². The first-order chi connectivity index (χ1) is 8.81. The average molecular weight is 304 g/mol. The minimum Gasteiger partial charge on any atom is -0.462 e. The van der Waals surface area contributed by atoms with Crippen molar-refractivity contribution >= 4 is 35.0 Å². The van der Waals surface area contributed by atoms with Crippen molar-refractivity contribution in [2.75, 3.05) is 0 Å². The van der Waals surface area contributed by atoms with E-state index in [-0.39, 0.29) is 23.3 Å². The lowest BCUT2D eigenvalue weighted by Gasteiger charge is -2.13. The summed E-state index contributed by atoms with van der Waals surface area (Å²) in [4.78, 5) is 23.4. The van der Waals surface area contributed by atoms with Crippen LogP contribution < -0.4 is 5.73 Å². The van der Waals surface area contributed by atoms with E-state index in [1.54, 1.807) is 13.8 Å². The number of ketones is 1. The van der Waals surface area contributed by atoms with Gasteiger partial charge in [-0.2, -0.15) is 0 Å². The number of hydrogen-bond acceptors (Lipinski definition) is 4. The molecule has 0 aromatic heterocycles. The molecule has 2 N–H and O–H groups in total. The van der Waals surface area contributed by atoms with Crippen molar-refractivity contribution in [3.8, 4) is 0 Å². The Morgan fingerprint density at radius 1 is 1.26 bits per heavy atom. The summed E-state index contributed by atoms with van der Waals surface area (Å²) in [6.45, 7) is 3.43. The fourth-order valence-electron chi connectivity index (χ4n) is 1.39. The Labute approximate surface area is 121 Å². The topological polar surface area (TPSA) is 69.4 Å². The summed E-state index contributed by atoms with van der Waals surface area (Å²) in [5.74, 6) is -0.879. The summed E-state index contributed by atoms with van der Waals surface area (Å²) in [6, 6.07) is 3.53. The summed E-state index contributed by atoms with van der Waals surface area (Å²) >= 11 is 11.6. The minimum atomic E-state index is -0.982. The van der Waals surface area contributed by atoms with E-state index in [2.05, 4.69) is 0 Å². The quantitative estimate of drug-likeness (QED) is 0.671. The van der Waals surface area contributed by atoms with E-state index in [4.69, 9.17) is 33.7 Å². The van der Waals surface area contributed by atoms with E-state index in [1.807, 2.05) is 0 Å². The second-order valence-corrected chi connectivity index (χ2v) is 5.16. The first kappa shape index (κ1) is 16.0. The van der Waals surface area contributed by atoms with Gasteiger partial charge in [-0.15, -0.1) is 0 Å². The largest absolute Gasteiger partial charge is 0.462 e. The molecule has 0 aliphatic carbocycles. The first-order valence-corrected chi connectivity index (χ1v) is 6.51. The first-order valence-electron chi connectivity index (χ1n) is 5.75. The van der Waals surface area contributed by atoms with Crippen molar-refractivity contribution < 1.29 is 14.3 Å². The Balaban J connectivity index is 2.68. The molecule has 0 amide bonds. The van der Waals surface area contributed by atoms with Crippen molar-refractivity contribution in [3.63, 3.8) is 0 Å². The van der Waals surface area contributed by atoms with Crippen LogP contribution in [-0.2, 0) is 9.53 Å². The van der Waals surface area contributed by atoms with Crippen molar-refractivity contribution in [3.05, 3.63) is 33.8 Å². The second-order valence-electron chi connectivity index (χ2n) is 4.35. The van der Waals surface area contributed by atoms with Crippen molar-refractivity contribution in [1.29, 1.82) is 0 Å². The summed E-state index contributed by atoms with van der Waals surface area (Å²) in [6.07, 6.45) is -0.401. The highest BCUT2D eigenvalue weighted by atomic mass is 35.5. The van der Waals surface area contributed by atoms with Crippen molar-refractivity contribution in [2.24, 2.45) is 5.73 Å². The highest BCUT2D eigenvalue weighted by molar-refractivity contribution is 6.42. The number of carbonyl (C=O) groups excluding carboxylic acids is 2. The van der Waals surface area contributed by atoms with Crippen LogP contribution in [0.25, 0.3) is 0 Å². The molecule has 0 radical (unpaired) electrons. The molecule has 1 aromatic carbocycles. The Kier molecular flexibility index (Phi) is 5.79. The van der Waals surface area contributed by atoms with Crippen LogP contribution in [0.5, 0.6) is 0 Å². The zero-order valence-electron chi connectivity index (χ0n) is 10.7. The van der Waals surface area contributed by atoms with E-state index < -0.39 is 12.0 Å². The lowest BCUT2D eigenvalue weighted by molar-refractivity contribution is -0.148. The maximum atomic E-state index is 11.9. The van der Waals surface area contributed by atoms with Crippen LogP contribution in [0, 0.1) is 0 Å². The Morgan fingerprint density at radius 2 is 1.89 bits per heavy atom. The van der Waals surface area contributed by atoms with Gasteiger partial charge in [-0.1, -0.05) is 23.2 Å². The Hall–Kier alpha value is -1.10. The molecule has 6 heteroatoms. The van der Waals surface area contributed by atoms with E-state index >= 15 is 0 Å². The third kappa shape index (κ3) is 4.82. The molecule has 1 unspecified atom stereocenters. The molecule has 0 heterocycles. The second kappa shape index (κ2) is 6.89. The van der Waals surface area contributed by atoms with Gasteiger partial charge in [0.05, 0.1) is 16.1 Å². The molecule has 0 spiro atoms. The number of nitrogens with two attached hydrogens (primary N) is 1. The van der Waals surface area contributed by atoms with Crippen LogP contribution in [0.15, 0.2) is 18.2 Å². The van der Waals surface area contributed by atoms with E-state index in [1.165, 1.54) is 18.2 Å². The standard InChI is InChI=1S/C13H15Cl2NO3/c1-7(2)19-13(18)11(16)6-12(17)8-3-4-9(14)10(15)5-8/h3-5,7,11H,6,16H2,1-2H3. The molecular weight excluding hydrogens is 289 g/mol. The minimum absolute atomic E-state index is 0.135. The van der Waals surface area contributed by atoms with Crippen LogP contribution in [0.1, 0.15) is 30.6 Å². The van der Waals surface area contributed by atoms with Crippen molar-refractivity contribution in [2.45, 2.75) is 32.4 Å². The van der Waals surface area contributed by atoms with Crippen LogP contribution >= 0.6 is 23.2 Å². The van der Waals surface area contributed by atoms with Crippen LogP contribution in [-0.4, -0.2) is 23.9 Å². The fraction of sp³-hybridized carbons (Fsp3) is 0.385. The fourth-order valence-corrected chi connectivity index (χ4v) is 1.69. The number of benzene rings is 1. The molecule has 19 heavy (non-hydrogen) atoms. The van der Waals surface area contributed by atoms with Gasteiger partial charge in [0.25, 0.3) is 0 Å². The monoisotopic (exact) mass is 303 g/mol. The molecule has 104 valence electrons. The highest BCUT2D eigenvalue weighted by Crippen LogP contribution is 2.23. The maximum absolute atomic E-state index is 11.9. The SMILES string of the molecule is CC(C)OC(=O)C(N)CC(=O)c1ccc(Cl)c(Cl)c1. The smallest absolute Gasteiger partial charge is 0.323 e. The zero-order chi connectivity index (χ0) is 14.6. The van der Waals surface area contributed by atoms with Gasteiger partial charge in [-0.05, 0) is 32.0 Å². The molecular formula is C13H15Cl2NO3. The number of rotatable bonds is 5. The zero-order valence-corrected chi connectivity index (χ0v) is 12.2. The van der Waals surface area contributed by atoms with Gasteiger partial charge in [0.2, 0.25) is 0 Å². The Morgan fingerprint density at radius 3 is 2.42 bits per heavy atom. The maximum Gasteiger partial charge on any atom is 0.323 e. The molecule has 0 saturated heterocycles. The van der Waals surface area contributed by atoms with Crippen molar-refractivity contribution in [1.82, 2.24) is 0 Å². The normalized spacial score (nSPS) is 12.3. The lowest BCUT2D eigenvalue weighted by atomic mass is 10.0. The summed E-state index contributed by atoms with van der Waals surface area (Å²) in [7, 11) is 0. The summed E-state index contributed by atoms with van der Waals surface area (Å²) < 4.78 is 4.93. The van der Waals surface area contributed by atoms with E-state index in [9.17, 15) is 9.59 Å². The van der Waals surface area contributed by atoms with Gasteiger partial charge in [0.1, 0.15) is 6.04 Å². The van der Waals surface area contributed by atoms with Crippen LogP contribution in [0.4, 0.5) is 0 Å². The molecule has 1 rings (SSSR count). The molecule has 0 saturated carbocycles. The van der Waals surface area contributed by atoms with Gasteiger partial charge in [0.15, 0.2) is 5.78 Å². The predicted octanol–water partition coefficient (Wildman–Crippen LogP) is 2.85. The van der Waals surface area contributed by atoms with Gasteiger partial charge in [-0.25, -0.2) is 0 Å². The highest BCUT2D eigenvalue weighted by Gasteiger charge is 2.21. The molecule has 0 bridgehead atoms. The molecule has 0 fully saturated rings. The number of carbonyl (C=O) groups is 2. The third-order valence-electron chi connectivity index (χ3n) is 2.30.